The summed E-state index contributed by atoms with van der Waals surface area (Å²) in [6.45, 7) is 4.66. The molecule has 53 heavy (non-hydrogen) atoms. The number of Topliss-reactive ketones (excluding diaryl/α,β-unsaturated/α-hetero) is 1. The summed E-state index contributed by atoms with van der Waals surface area (Å²) in [6, 6.07) is -1.02. The molecule has 0 aromatic carbocycles. The fraction of sp³-hybridized carbons (Fsp3) is 0.860. The van der Waals surface area contributed by atoms with Gasteiger partial charge in [0.25, 0.3) is 5.91 Å². The average Bonchev–Trinajstić information content (AvgIpc) is 3.15. The number of amides is 2. The van der Waals surface area contributed by atoms with Crippen molar-refractivity contribution in [2.45, 2.75) is 218 Å². The molecule has 0 fully saturated rings. The zero-order valence-electron chi connectivity index (χ0n) is 34.5. The zero-order chi connectivity index (χ0) is 39.4. The summed E-state index contributed by atoms with van der Waals surface area (Å²) >= 11 is 0. The summed E-state index contributed by atoms with van der Waals surface area (Å²) in [5.74, 6) is -1.86. The Hall–Kier alpha value is -2.30. The molecule has 0 aromatic heterocycles. The zero-order valence-corrected chi connectivity index (χ0v) is 34.5. The minimum absolute atomic E-state index is 0.168. The first-order valence-electron chi connectivity index (χ1n) is 22.0. The third kappa shape index (κ3) is 27.0. The second-order valence-corrected chi connectivity index (χ2v) is 15.4. The summed E-state index contributed by atoms with van der Waals surface area (Å²) in [4.78, 5) is 42.0. The molecule has 0 bridgehead atoms. The van der Waals surface area contributed by atoms with Gasteiger partial charge >= 0.3 is 0 Å². The van der Waals surface area contributed by atoms with Crippen molar-refractivity contribution in [3.05, 3.63) is 12.2 Å². The molecule has 0 aromatic rings. The lowest BCUT2D eigenvalue weighted by molar-refractivity contribution is -0.151. The fourth-order valence-electron chi connectivity index (χ4n) is 6.83. The van der Waals surface area contributed by atoms with Crippen LogP contribution in [0.15, 0.2) is 12.2 Å². The molecule has 0 heterocycles. The SMILES string of the molecule is CCCCCCCC/C=C\CCCCCCCCN(C(=O)CCCCCCCCCCCCCCC)C(=O)C(N)(CN)C(=O)[C@@H](N)CCCNC(=N)N. The first kappa shape index (κ1) is 50.7. The van der Waals surface area contributed by atoms with Gasteiger partial charge in [0.05, 0.1) is 6.04 Å². The Balaban J connectivity index is 4.85. The molecule has 0 radical (unpaired) electrons. The van der Waals surface area contributed by atoms with E-state index in [9.17, 15) is 14.4 Å². The first-order chi connectivity index (χ1) is 25.6. The third-order valence-corrected chi connectivity index (χ3v) is 10.4. The van der Waals surface area contributed by atoms with Crippen molar-refractivity contribution in [2.24, 2.45) is 22.9 Å². The molecule has 0 rings (SSSR count). The lowest BCUT2D eigenvalue weighted by Gasteiger charge is -2.33. The van der Waals surface area contributed by atoms with E-state index in [0.717, 1.165) is 51.4 Å². The quantitative estimate of drug-likeness (QED) is 0.0119. The molecule has 0 saturated heterocycles. The van der Waals surface area contributed by atoms with Crippen molar-refractivity contribution in [1.29, 1.82) is 5.41 Å². The maximum absolute atomic E-state index is 13.9. The number of hydrogen-bond donors (Lipinski definition) is 6. The van der Waals surface area contributed by atoms with Gasteiger partial charge in [0.1, 0.15) is 0 Å². The van der Waals surface area contributed by atoms with Crippen molar-refractivity contribution in [2.75, 3.05) is 19.6 Å². The number of carbonyl (C=O) groups excluding carboxylic acids is 3. The maximum Gasteiger partial charge on any atom is 0.258 e. The highest BCUT2D eigenvalue weighted by atomic mass is 16.2. The van der Waals surface area contributed by atoms with Crippen molar-refractivity contribution in [3.63, 3.8) is 0 Å². The minimum Gasteiger partial charge on any atom is -0.370 e. The van der Waals surface area contributed by atoms with Crippen molar-refractivity contribution >= 4 is 23.6 Å². The number of imide groups is 1. The number of carbonyl (C=O) groups is 3. The molecule has 10 N–H and O–H groups in total. The van der Waals surface area contributed by atoms with Crippen LogP contribution in [0.4, 0.5) is 0 Å². The van der Waals surface area contributed by atoms with E-state index in [1.165, 1.54) is 114 Å². The van der Waals surface area contributed by atoms with E-state index in [1.54, 1.807) is 0 Å². The Morgan fingerprint density at radius 3 is 1.51 bits per heavy atom. The molecule has 310 valence electrons. The summed E-state index contributed by atoms with van der Waals surface area (Å²) in [6.07, 6.45) is 37.6. The van der Waals surface area contributed by atoms with Gasteiger partial charge in [0.2, 0.25) is 5.91 Å². The first-order valence-corrected chi connectivity index (χ1v) is 22.0. The molecule has 0 spiro atoms. The summed E-state index contributed by atoms with van der Waals surface area (Å²) in [5.41, 5.74) is 21.9. The Bertz CT molecular complexity index is 960. The number of unbranched alkanes of at least 4 members (excludes halogenated alkanes) is 24. The Kier molecular flexibility index (Phi) is 33.9. The predicted octanol–water partition coefficient (Wildman–Crippen LogP) is 8.68. The van der Waals surface area contributed by atoms with Crippen LogP contribution in [-0.4, -0.2) is 59.7 Å². The Morgan fingerprint density at radius 1 is 0.660 bits per heavy atom. The van der Waals surface area contributed by atoms with Gasteiger partial charge in [0, 0.05) is 26.1 Å². The van der Waals surface area contributed by atoms with E-state index in [1.807, 2.05) is 0 Å². The number of nitrogens with one attached hydrogen (secondary N) is 2. The van der Waals surface area contributed by atoms with Gasteiger partial charge in [-0.3, -0.25) is 24.7 Å². The molecule has 2 amide bonds. The predicted molar refractivity (Wildman–Crippen MR) is 225 cm³/mol. The van der Waals surface area contributed by atoms with Gasteiger partial charge in [0.15, 0.2) is 17.3 Å². The van der Waals surface area contributed by atoms with E-state index in [-0.39, 0.29) is 31.3 Å². The van der Waals surface area contributed by atoms with Crippen molar-refractivity contribution in [1.82, 2.24) is 10.2 Å². The lowest BCUT2D eigenvalue weighted by atomic mass is 9.87. The highest BCUT2D eigenvalue weighted by Gasteiger charge is 2.46. The van der Waals surface area contributed by atoms with Gasteiger partial charge in [-0.15, -0.1) is 0 Å². The molecule has 0 saturated carbocycles. The molecular formula is C43H85N7O3. The molecule has 2 atom stereocenters. The molecule has 0 aliphatic carbocycles. The van der Waals surface area contributed by atoms with Gasteiger partial charge in [-0.1, -0.05) is 161 Å². The normalized spacial score (nSPS) is 13.2. The van der Waals surface area contributed by atoms with Crippen molar-refractivity contribution < 1.29 is 14.4 Å². The van der Waals surface area contributed by atoms with E-state index < -0.39 is 29.8 Å². The van der Waals surface area contributed by atoms with Gasteiger partial charge in [-0.05, 0) is 51.4 Å². The van der Waals surface area contributed by atoms with Gasteiger partial charge in [-0.2, -0.15) is 0 Å². The van der Waals surface area contributed by atoms with E-state index in [2.05, 4.69) is 31.3 Å². The topological polar surface area (TPSA) is 194 Å². The molecular weight excluding hydrogens is 663 g/mol. The summed E-state index contributed by atoms with van der Waals surface area (Å²) in [5, 5.41) is 9.96. The van der Waals surface area contributed by atoms with Crippen molar-refractivity contribution in [3.8, 4) is 0 Å². The third-order valence-electron chi connectivity index (χ3n) is 10.4. The number of ketones is 1. The smallest absolute Gasteiger partial charge is 0.258 e. The molecule has 1 unspecified atom stereocenters. The van der Waals surface area contributed by atoms with Crippen LogP contribution in [0.25, 0.3) is 0 Å². The highest BCUT2D eigenvalue weighted by Crippen LogP contribution is 2.18. The average molecular weight is 748 g/mol. The second kappa shape index (κ2) is 35.4. The van der Waals surface area contributed by atoms with Crippen LogP contribution < -0.4 is 28.3 Å². The lowest BCUT2D eigenvalue weighted by Crippen LogP contribution is -2.68. The van der Waals surface area contributed by atoms with Gasteiger partial charge in [-0.25, -0.2) is 0 Å². The molecule has 10 nitrogen and oxygen atoms in total. The van der Waals surface area contributed by atoms with Crippen LogP contribution >= 0.6 is 0 Å². The van der Waals surface area contributed by atoms with Gasteiger partial charge < -0.3 is 28.3 Å². The minimum atomic E-state index is -2.07. The standard InChI is InChI=1S/C43H85N7O3/c1-3-5-7-9-11-13-15-17-18-19-21-23-25-27-29-31-36-50(39(51)34-30-28-26-24-22-20-16-14-12-10-8-6-4-2)41(53)43(48,37-44)40(52)38(45)33-32-35-49-42(46)47/h17-18,38H,3-16,19-37,44-45,48H2,1-2H3,(H4,46,47,49)/b18-17-/t38-,43?/m0/s1. The number of allylic oxidation sites excluding steroid dienone is 2. The van der Waals surface area contributed by atoms with Crippen LogP contribution in [0.2, 0.25) is 0 Å². The van der Waals surface area contributed by atoms with E-state index in [4.69, 9.17) is 28.3 Å². The highest BCUT2D eigenvalue weighted by molar-refractivity contribution is 6.16. The number of nitrogens with two attached hydrogens (primary N) is 4. The van der Waals surface area contributed by atoms with Crippen LogP contribution in [0.5, 0.6) is 0 Å². The van der Waals surface area contributed by atoms with E-state index >= 15 is 0 Å². The van der Waals surface area contributed by atoms with Crippen LogP contribution in [0.1, 0.15) is 206 Å². The number of rotatable bonds is 38. The number of hydrogen-bond acceptors (Lipinski definition) is 7. The Labute approximate surface area is 325 Å². The summed E-state index contributed by atoms with van der Waals surface area (Å²) in [7, 11) is 0. The maximum atomic E-state index is 13.9. The van der Waals surface area contributed by atoms with Crippen LogP contribution in [-0.2, 0) is 14.4 Å². The largest absolute Gasteiger partial charge is 0.370 e. The second-order valence-electron chi connectivity index (χ2n) is 15.4. The number of nitrogens with zero attached hydrogens (tertiary/aromatic N) is 1. The molecule has 10 heteroatoms. The summed E-state index contributed by atoms with van der Waals surface area (Å²) < 4.78 is 0. The molecule has 0 aliphatic rings. The van der Waals surface area contributed by atoms with E-state index in [0.29, 0.717) is 25.8 Å². The monoisotopic (exact) mass is 748 g/mol. The van der Waals surface area contributed by atoms with Crippen LogP contribution in [0, 0.1) is 5.41 Å². The molecule has 0 aliphatic heterocycles. The Morgan fingerprint density at radius 2 is 1.08 bits per heavy atom. The van der Waals surface area contributed by atoms with Crippen LogP contribution in [0.3, 0.4) is 0 Å². The number of guanidine groups is 1. The fourth-order valence-corrected chi connectivity index (χ4v) is 6.83.